The number of carbonyl (C=O) groups excluding carboxylic acids is 1. The van der Waals surface area contributed by atoms with Gasteiger partial charge in [0, 0.05) is 11.5 Å². The predicted octanol–water partition coefficient (Wildman–Crippen LogP) is 4.42. The summed E-state index contributed by atoms with van der Waals surface area (Å²) in [6.45, 7) is 7.30. The van der Waals surface area contributed by atoms with E-state index in [9.17, 15) is 9.90 Å². The third-order valence-electron chi connectivity index (χ3n) is 3.55. The van der Waals surface area contributed by atoms with Crippen LogP contribution in [-0.4, -0.2) is 11.1 Å². The van der Waals surface area contributed by atoms with Crippen molar-refractivity contribution in [1.82, 2.24) is 0 Å². The SMILES string of the molecule is C=C(C)C(=O)Oc1ccc(C(CC)c2ccc(O)cc2)cc1. The van der Waals surface area contributed by atoms with Crippen molar-refractivity contribution in [2.75, 3.05) is 0 Å². The van der Waals surface area contributed by atoms with Crippen LogP contribution >= 0.6 is 0 Å². The van der Waals surface area contributed by atoms with Crippen molar-refractivity contribution in [3.63, 3.8) is 0 Å². The van der Waals surface area contributed by atoms with Gasteiger partial charge in [-0.05, 0) is 48.7 Å². The van der Waals surface area contributed by atoms with Crippen LogP contribution in [0.15, 0.2) is 60.7 Å². The van der Waals surface area contributed by atoms with Crippen LogP contribution in [0.3, 0.4) is 0 Å². The summed E-state index contributed by atoms with van der Waals surface area (Å²) in [7, 11) is 0. The van der Waals surface area contributed by atoms with Crippen molar-refractivity contribution >= 4 is 5.97 Å². The van der Waals surface area contributed by atoms with Gasteiger partial charge in [-0.1, -0.05) is 37.8 Å². The fraction of sp³-hybridized carbons (Fsp3) is 0.211. The second-order valence-corrected chi connectivity index (χ2v) is 5.29. The first-order valence-electron chi connectivity index (χ1n) is 7.27. The summed E-state index contributed by atoms with van der Waals surface area (Å²) in [5.74, 6) is 0.600. The third kappa shape index (κ3) is 3.76. The number of ether oxygens (including phenoxy) is 1. The molecule has 3 heteroatoms. The zero-order valence-electron chi connectivity index (χ0n) is 12.9. The molecular formula is C19H20O3. The van der Waals surface area contributed by atoms with E-state index in [1.807, 2.05) is 24.3 Å². The van der Waals surface area contributed by atoms with E-state index >= 15 is 0 Å². The number of benzene rings is 2. The molecule has 2 rings (SSSR count). The van der Waals surface area contributed by atoms with Gasteiger partial charge >= 0.3 is 5.97 Å². The topological polar surface area (TPSA) is 46.5 Å². The van der Waals surface area contributed by atoms with Crippen molar-refractivity contribution in [1.29, 1.82) is 0 Å². The Morgan fingerprint density at radius 3 is 2.05 bits per heavy atom. The van der Waals surface area contributed by atoms with E-state index in [0.29, 0.717) is 11.3 Å². The highest BCUT2D eigenvalue weighted by atomic mass is 16.5. The van der Waals surface area contributed by atoms with Gasteiger partial charge in [0.15, 0.2) is 0 Å². The van der Waals surface area contributed by atoms with E-state index in [1.165, 1.54) is 0 Å². The molecule has 1 atom stereocenters. The maximum Gasteiger partial charge on any atom is 0.338 e. The lowest BCUT2D eigenvalue weighted by molar-refractivity contribution is -0.130. The lowest BCUT2D eigenvalue weighted by Gasteiger charge is -2.16. The summed E-state index contributed by atoms with van der Waals surface area (Å²) < 4.78 is 5.19. The molecule has 0 saturated carbocycles. The Balaban J connectivity index is 2.18. The van der Waals surface area contributed by atoms with Gasteiger partial charge in [0.25, 0.3) is 0 Å². The number of phenols is 1. The molecule has 1 N–H and O–H groups in total. The zero-order chi connectivity index (χ0) is 16.1. The molecule has 0 spiro atoms. The molecule has 0 aliphatic heterocycles. The maximum atomic E-state index is 11.5. The van der Waals surface area contributed by atoms with Crippen molar-refractivity contribution in [3.05, 3.63) is 71.8 Å². The minimum Gasteiger partial charge on any atom is -0.508 e. The van der Waals surface area contributed by atoms with Crippen LogP contribution < -0.4 is 4.74 Å². The summed E-state index contributed by atoms with van der Waals surface area (Å²) >= 11 is 0. The summed E-state index contributed by atoms with van der Waals surface area (Å²) in [4.78, 5) is 11.5. The lowest BCUT2D eigenvalue weighted by atomic mass is 9.89. The zero-order valence-corrected chi connectivity index (χ0v) is 12.9. The smallest absolute Gasteiger partial charge is 0.338 e. The Morgan fingerprint density at radius 2 is 1.59 bits per heavy atom. The largest absolute Gasteiger partial charge is 0.508 e. The highest BCUT2D eigenvalue weighted by Gasteiger charge is 2.13. The van der Waals surface area contributed by atoms with Gasteiger partial charge in [0.1, 0.15) is 11.5 Å². The van der Waals surface area contributed by atoms with Crippen molar-refractivity contribution in [3.8, 4) is 11.5 Å². The number of hydrogen-bond donors (Lipinski definition) is 1. The predicted molar refractivity (Wildman–Crippen MR) is 87.1 cm³/mol. The van der Waals surface area contributed by atoms with Gasteiger partial charge in [-0.2, -0.15) is 0 Å². The minimum atomic E-state index is -0.418. The van der Waals surface area contributed by atoms with Crippen molar-refractivity contribution < 1.29 is 14.6 Å². The van der Waals surface area contributed by atoms with Gasteiger partial charge in [0.05, 0.1) is 0 Å². The van der Waals surface area contributed by atoms with E-state index in [-0.39, 0.29) is 11.7 Å². The van der Waals surface area contributed by atoms with Gasteiger partial charge in [-0.25, -0.2) is 4.79 Å². The highest BCUT2D eigenvalue weighted by molar-refractivity contribution is 5.88. The Kier molecular flexibility index (Phi) is 4.99. The first kappa shape index (κ1) is 15.8. The Morgan fingerprint density at radius 1 is 1.09 bits per heavy atom. The van der Waals surface area contributed by atoms with Crippen LogP contribution in [0.4, 0.5) is 0 Å². The van der Waals surface area contributed by atoms with Crippen LogP contribution in [-0.2, 0) is 4.79 Å². The quantitative estimate of drug-likeness (QED) is 0.505. The van der Waals surface area contributed by atoms with E-state index < -0.39 is 5.97 Å². The van der Waals surface area contributed by atoms with Crippen LogP contribution in [0, 0.1) is 0 Å². The number of carbonyl (C=O) groups is 1. The van der Waals surface area contributed by atoms with Gasteiger partial charge in [0.2, 0.25) is 0 Å². The maximum absolute atomic E-state index is 11.5. The average molecular weight is 296 g/mol. The molecule has 114 valence electrons. The number of esters is 1. The molecule has 0 heterocycles. The number of rotatable bonds is 5. The molecule has 0 aliphatic rings. The number of phenolic OH excluding ortho intramolecular Hbond substituents is 1. The molecule has 3 nitrogen and oxygen atoms in total. The fourth-order valence-electron chi connectivity index (χ4n) is 2.33. The van der Waals surface area contributed by atoms with E-state index in [0.717, 1.165) is 17.5 Å². The molecule has 1 unspecified atom stereocenters. The summed E-state index contributed by atoms with van der Waals surface area (Å²) in [6, 6.07) is 14.8. The number of aromatic hydroxyl groups is 1. The van der Waals surface area contributed by atoms with Gasteiger partial charge in [-0.15, -0.1) is 0 Å². The van der Waals surface area contributed by atoms with E-state index in [1.54, 1.807) is 31.2 Å². The molecule has 2 aromatic rings. The molecule has 0 amide bonds. The van der Waals surface area contributed by atoms with Crippen LogP contribution in [0.2, 0.25) is 0 Å². The molecular weight excluding hydrogens is 276 g/mol. The molecule has 22 heavy (non-hydrogen) atoms. The normalized spacial score (nSPS) is 11.7. The second kappa shape index (κ2) is 6.94. The molecule has 0 aromatic heterocycles. The van der Waals surface area contributed by atoms with Gasteiger partial charge < -0.3 is 9.84 Å². The van der Waals surface area contributed by atoms with Crippen molar-refractivity contribution in [2.45, 2.75) is 26.2 Å². The van der Waals surface area contributed by atoms with E-state index in [4.69, 9.17) is 4.74 Å². The highest BCUT2D eigenvalue weighted by Crippen LogP contribution is 2.30. The van der Waals surface area contributed by atoms with Crippen LogP contribution in [0.1, 0.15) is 37.3 Å². The molecule has 0 aliphatic carbocycles. The molecule has 2 aromatic carbocycles. The first-order valence-corrected chi connectivity index (χ1v) is 7.27. The van der Waals surface area contributed by atoms with Crippen LogP contribution in [0.5, 0.6) is 11.5 Å². The Bertz CT molecular complexity index is 654. The monoisotopic (exact) mass is 296 g/mol. The third-order valence-corrected chi connectivity index (χ3v) is 3.55. The first-order chi connectivity index (χ1) is 10.5. The summed E-state index contributed by atoms with van der Waals surface area (Å²) in [5.41, 5.74) is 2.66. The summed E-state index contributed by atoms with van der Waals surface area (Å²) in [6.07, 6.45) is 0.940. The number of hydrogen-bond acceptors (Lipinski definition) is 3. The van der Waals surface area contributed by atoms with E-state index in [2.05, 4.69) is 13.5 Å². The molecule has 0 radical (unpaired) electrons. The Labute approximate surface area is 130 Å². The standard InChI is InChI=1S/C19H20O3/c1-4-18(14-5-9-16(20)10-6-14)15-7-11-17(12-8-15)22-19(21)13(2)3/h5-12,18,20H,2,4H2,1,3H3. The average Bonchev–Trinajstić information content (AvgIpc) is 2.51. The summed E-state index contributed by atoms with van der Waals surface area (Å²) in [5, 5.41) is 9.39. The van der Waals surface area contributed by atoms with Crippen LogP contribution in [0.25, 0.3) is 0 Å². The van der Waals surface area contributed by atoms with Crippen molar-refractivity contribution in [2.24, 2.45) is 0 Å². The molecule has 0 fully saturated rings. The fourth-order valence-corrected chi connectivity index (χ4v) is 2.33. The second-order valence-electron chi connectivity index (χ2n) is 5.29. The van der Waals surface area contributed by atoms with Gasteiger partial charge in [-0.3, -0.25) is 0 Å². The molecule has 0 saturated heterocycles. The Hall–Kier alpha value is -2.55. The lowest BCUT2D eigenvalue weighted by Crippen LogP contribution is -2.08. The minimum absolute atomic E-state index is 0.242. The molecule has 0 bridgehead atoms.